The first kappa shape index (κ1) is 21.1. The van der Waals surface area contributed by atoms with E-state index in [9.17, 15) is 9.59 Å². The van der Waals surface area contributed by atoms with E-state index in [4.69, 9.17) is 4.52 Å². The van der Waals surface area contributed by atoms with Crippen molar-refractivity contribution in [2.75, 3.05) is 5.32 Å². The van der Waals surface area contributed by atoms with Gasteiger partial charge in [-0.1, -0.05) is 65.8 Å². The Labute approximate surface area is 195 Å². The Morgan fingerprint density at radius 2 is 1.56 bits per heavy atom. The van der Waals surface area contributed by atoms with Crippen molar-refractivity contribution in [1.82, 2.24) is 19.5 Å². The molecule has 0 spiro atoms. The van der Waals surface area contributed by atoms with Gasteiger partial charge in [0.25, 0.3) is 17.4 Å². The van der Waals surface area contributed by atoms with Gasteiger partial charge in [0, 0.05) is 12.6 Å². The molecule has 0 fully saturated rings. The molecule has 1 amide bonds. The fourth-order valence-electron chi connectivity index (χ4n) is 3.80. The Hall–Kier alpha value is -4.72. The van der Waals surface area contributed by atoms with Crippen LogP contribution in [0, 0.1) is 6.92 Å². The number of hydrogen-bond donors (Lipinski definition) is 1. The minimum absolute atomic E-state index is 0.210. The molecule has 2 aromatic heterocycles. The van der Waals surface area contributed by atoms with Crippen molar-refractivity contribution in [3.05, 3.63) is 107 Å². The summed E-state index contributed by atoms with van der Waals surface area (Å²) in [5.74, 6) is 0.201. The van der Waals surface area contributed by atoms with Crippen molar-refractivity contribution in [1.29, 1.82) is 0 Å². The van der Waals surface area contributed by atoms with E-state index in [0.717, 1.165) is 5.56 Å². The number of para-hydroxylation sites is 1. The summed E-state index contributed by atoms with van der Waals surface area (Å²) in [6.07, 6.45) is 0. The van der Waals surface area contributed by atoms with Gasteiger partial charge in [0.1, 0.15) is 5.69 Å². The second-order valence-corrected chi connectivity index (χ2v) is 7.73. The Bertz CT molecular complexity index is 1530. The van der Waals surface area contributed by atoms with Crippen molar-refractivity contribution in [3.8, 4) is 28.5 Å². The van der Waals surface area contributed by atoms with Crippen molar-refractivity contribution in [2.45, 2.75) is 6.92 Å². The molecule has 0 radical (unpaired) electrons. The maximum atomic E-state index is 13.3. The average Bonchev–Trinajstić information content (AvgIpc) is 3.45. The Balaban J connectivity index is 1.49. The predicted molar refractivity (Wildman–Crippen MR) is 129 cm³/mol. The summed E-state index contributed by atoms with van der Waals surface area (Å²) in [4.78, 5) is 30.9. The van der Waals surface area contributed by atoms with Gasteiger partial charge in [0.05, 0.1) is 22.5 Å². The van der Waals surface area contributed by atoms with E-state index in [1.165, 1.54) is 4.68 Å². The van der Waals surface area contributed by atoms with Gasteiger partial charge in [0.15, 0.2) is 0 Å². The van der Waals surface area contributed by atoms with Gasteiger partial charge in [0.2, 0.25) is 5.82 Å². The Kier molecular flexibility index (Phi) is 5.39. The molecular weight excluding hydrogens is 430 g/mol. The molecule has 0 aliphatic carbocycles. The van der Waals surface area contributed by atoms with Gasteiger partial charge < -0.3 is 9.84 Å². The van der Waals surface area contributed by atoms with E-state index in [0.29, 0.717) is 28.3 Å². The van der Waals surface area contributed by atoms with Crippen molar-refractivity contribution < 1.29 is 9.32 Å². The maximum Gasteiger partial charge on any atom is 0.295 e. The Morgan fingerprint density at radius 1 is 0.912 bits per heavy atom. The summed E-state index contributed by atoms with van der Waals surface area (Å²) in [7, 11) is 1.77. The summed E-state index contributed by atoms with van der Waals surface area (Å²) in [5, 5.41) is 6.84. The van der Waals surface area contributed by atoms with Crippen LogP contribution in [-0.4, -0.2) is 25.4 Å². The minimum Gasteiger partial charge on any atom is -0.334 e. The lowest BCUT2D eigenvalue weighted by atomic mass is 10.1. The molecule has 0 saturated carbocycles. The van der Waals surface area contributed by atoms with Gasteiger partial charge in [-0.15, -0.1) is 0 Å². The highest BCUT2D eigenvalue weighted by Gasteiger charge is 2.22. The number of nitrogens with zero attached hydrogens (tertiary/aromatic N) is 4. The van der Waals surface area contributed by atoms with E-state index in [1.54, 1.807) is 42.9 Å². The van der Waals surface area contributed by atoms with Crippen LogP contribution in [0.4, 0.5) is 5.69 Å². The molecule has 0 unspecified atom stereocenters. The Morgan fingerprint density at radius 3 is 2.29 bits per heavy atom. The van der Waals surface area contributed by atoms with Crippen LogP contribution in [-0.2, 0) is 7.05 Å². The first-order valence-corrected chi connectivity index (χ1v) is 10.7. The molecule has 168 valence electrons. The first-order chi connectivity index (χ1) is 16.5. The van der Waals surface area contributed by atoms with Crippen molar-refractivity contribution >= 4 is 11.6 Å². The third-order valence-corrected chi connectivity index (χ3v) is 5.65. The second-order valence-electron chi connectivity index (χ2n) is 7.73. The fourth-order valence-corrected chi connectivity index (χ4v) is 3.80. The van der Waals surface area contributed by atoms with Gasteiger partial charge in [-0.2, -0.15) is 4.98 Å². The number of benzene rings is 3. The van der Waals surface area contributed by atoms with Crippen LogP contribution in [0.25, 0.3) is 28.5 Å². The van der Waals surface area contributed by atoms with E-state index in [1.807, 2.05) is 60.7 Å². The molecule has 2 heterocycles. The number of hydrogen-bond acceptors (Lipinski definition) is 5. The van der Waals surface area contributed by atoms with Gasteiger partial charge in [-0.05, 0) is 31.2 Å². The number of carbonyl (C=O) groups is 1. The summed E-state index contributed by atoms with van der Waals surface area (Å²) >= 11 is 0. The highest BCUT2D eigenvalue weighted by atomic mass is 16.5. The van der Waals surface area contributed by atoms with E-state index in [-0.39, 0.29) is 17.1 Å². The molecule has 34 heavy (non-hydrogen) atoms. The summed E-state index contributed by atoms with van der Waals surface area (Å²) < 4.78 is 8.69. The predicted octanol–water partition coefficient (Wildman–Crippen LogP) is 4.45. The third-order valence-electron chi connectivity index (χ3n) is 5.65. The number of aromatic nitrogens is 4. The van der Waals surface area contributed by atoms with E-state index >= 15 is 0 Å². The van der Waals surface area contributed by atoms with Crippen LogP contribution in [0.15, 0.2) is 94.2 Å². The zero-order valence-corrected chi connectivity index (χ0v) is 18.6. The quantitative estimate of drug-likeness (QED) is 0.426. The lowest BCUT2D eigenvalue weighted by molar-refractivity contribution is 0.102. The average molecular weight is 451 g/mol. The molecule has 0 atom stereocenters. The molecule has 1 N–H and O–H groups in total. The topological polar surface area (TPSA) is 95.0 Å². The van der Waals surface area contributed by atoms with Gasteiger partial charge >= 0.3 is 0 Å². The highest BCUT2D eigenvalue weighted by Crippen LogP contribution is 2.26. The lowest BCUT2D eigenvalue weighted by Crippen LogP contribution is -2.23. The molecule has 8 heteroatoms. The number of nitrogens with one attached hydrogen (secondary N) is 1. The smallest absolute Gasteiger partial charge is 0.295 e. The van der Waals surface area contributed by atoms with Crippen LogP contribution in [0.2, 0.25) is 0 Å². The molecule has 8 nitrogen and oxygen atoms in total. The molecule has 0 saturated heterocycles. The minimum atomic E-state index is -0.443. The van der Waals surface area contributed by atoms with E-state index in [2.05, 4.69) is 15.5 Å². The fraction of sp³-hybridized carbons (Fsp3) is 0.0769. The van der Waals surface area contributed by atoms with Gasteiger partial charge in [-0.3, -0.25) is 14.3 Å². The number of anilines is 1. The van der Waals surface area contributed by atoms with Crippen LogP contribution in [0.1, 0.15) is 16.1 Å². The third kappa shape index (κ3) is 3.71. The van der Waals surface area contributed by atoms with Crippen LogP contribution >= 0.6 is 0 Å². The highest BCUT2D eigenvalue weighted by molar-refractivity contribution is 6.08. The second kappa shape index (κ2) is 8.67. The van der Waals surface area contributed by atoms with Crippen molar-refractivity contribution in [3.63, 3.8) is 0 Å². The largest absolute Gasteiger partial charge is 0.334 e. The molecule has 5 rings (SSSR count). The monoisotopic (exact) mass is 451 g/mol. The van der Waals surface area contributed by atoms with E-state index < -0.39 is 5.91 Å². The molecule has 0 aliphatic heterocycles. The van der Waals surface area contributed by atoms with Crippen molar-refractivity contribution in [2.24, 2.45) is 7.05 Å². The maximum absolute atomic E-state index is 13.3. The van der Waals surface area contributed by atoms with Crippen LogP contribution in [0.3, 0.4) is 0 Å². The SMILES string of the molecule is Cc1c(NC(=O)c2ccccc2-c2nc(-c3ccccc3)no2)c(=O)n(-c2ccccc2)n1C. The zero-order chi connectivity index (χ0) is 23.7. The molecule has 0 aliphatic rings. The molecule has 5 aromatic rings. The summed E-state index contributed by atoms with van der Waals surface area (Å²) in [5.41, 5.74) is 2.83. The number of rotatable bonds is 5. The number of amides is 1. The van der Waals surface area contributed by atoms with Gasteiger partial charge in [-0.25, -0.2) is 4.68 Å². The summed E-state index contributed by atoms with van der Waals surface area (Å²) in [6.45, 7) is 1.78. The summed E-state index contributed by atoms with van der Waals surface area (Å²) in [6, 6.07) is 25.6. The molecule has 3 aromatic carbocycles. The van der Waals surface area contributed by atoms with Crippen LogP contribution in [0.5, 0.6) is 0 Å². The number of carbonyl (C=O) groups excluding carboxylic acids is 1. The first-order valence-electron chi connectivity index (χ1n) is 10.7. The molecule has 0 bridgehead atoms. The van der Waals surface area contributed by atoms with Crippen LogP contribution < -0.4 is 10.9 Å². The molecular formula is C26H21N5O3. The standard InChI is InChI=1S/C26H21N5O3/c1-17-22(26(33)31(30(17)2)19-13-7-4-8-14-19)27-24(32)20-15-9-10-16-21(20)25-28-23(29-34-25)18-11-5-3-6-12-18/h3-16H,1-2H3,(H,27,32). The normalized spacial score (nSPS) is 10.9. The lowest BCUT2D eigenvalue weighted by Gasteiger charge is -2.07. The zero-order valence-electron chi connectivity index (χ0n) is 18.6.